The van der Waals surface area contributed by atoms with Crippen molar-refractivity contribution in [3.63, 3.8) is 0 Å². The molecule has 12 heavy (non-hydrogen) atoms. The van der Waals surface area contributed by atoms with Crippen molar-refractivity contribution in [3.05, 3.63) is 0 Å². The van der Waals surface area contributed by atoms with Crippen molar-refractivity contribution in [1.82, 2.24) is 5.32 Å². The number of rotatable bonds is 1. The molecule has 2 atom stereocenters. The van der Waals surface area contributed by atoms with Crippen LogP contribution in [0.15, 0.2) is 0 Å². The zero-order chi connectivity index (χ0) is 7.73. The molecule has 2 saturated heterocycles. The van der Waals surface area contributed by atoms with Crippen LogP contribution >= 0.6 is 24.2 Å². The number of nitrogens with one attached hydrogen (secondary N) is 1. The van der Waals surface area contributed by atoms with Gasteiger partial charge in [0.15, 0.2) is 0 Å². The zero-order valence-corrected chi connectivity index (χ0v) is 8.97. The van der Waals surface area contributed by atoms with Gasteiger partial charge in [-0.2, -0.15) is 11.8 Å². The van der Waals surface area contributed by atoms with E-state index in [4.69, 9.17) is 4.74 Å². The van der Waals surface area contributed by atoms with Crippen molar-refractivity contribution < 1.29 is 4.74 Å². The Kier molecular flexibility index (Phi) is 3.71. The van der Waals surface area contributed by atoms with Crippen LogP contribution in [-0.2, 0) is 4.74 Å². The first-order valence-corrected chi connectivity index (χ1v) is 5.37. The highest BCUT2D eigenvalue weighted by Gasteiger charge is 2.39. The number of thioether (sulfide) groups is 1. The molecule has 0 aromatic rings. The van der Waals surface area contributed by atoms with Gasteiger partial charge in [-0.15, -0.1) is 12.4 Å². The number of hydrogen-bond donors (Lipinski definition) is 1. The zero-order valence-electron chi connectivity index (χ0n) is 7.34. The minimum Gasteiger partial charge on any atom is -0.358 e. The number of hydrogen-bond acceptors (Lipinski definition) is 3. The molecule has 2 aliphatic heterocycles. The van der Waals surface area contributed by atoms with E-state index >= 15 is 0 Å². The summed E-state index contributed by atoms with van der Waals surface area (Å²) in [5, 5.41) is 4.12. The number of ether oxygens (including phenoxy) is 1. The second-order valence-electron chi connectivity index (χ2n) is 3.38. The van der Waals surface area contributed by atoms with Crippen molar-refractivity contribution in [1.29, 1.82) is 0 Å². The topological polar surface area (TPSA) is 21.3 Å². The molecule has 2 heterocycles. The van der Waals surface area contributed by atoms with Gasteiger partial charge in [-0.05, 0) is 25.5 Å². The first kappa shape index (κ1) is 10.6. The first-order valence-electron chi connectivity index (χ1n) is 4.32. The highest BCUT2D eigenvalue weighted by molar-refractivity contribution is 8.00. The third-order valence-electron chi connectivity index (χ3n) is 2.52. The summed E-state index contributed by atoms with van der Waals surface area (Å²) < 4.78 is 5.69. The summed E-state index contributed by atoms with van der Waals surface area (Å²) in [6, 6.07) is 0. The lowest BCUT2D eigenvalue weighted by molar-refractivity contribution is 0.00461. The second-order valence-corrected chi connectivity index (χ2v) is 4.69. The van der Waals surface area contributed by atoms with Gasteiger partial charge in [-0.3, -0.25) is 5.32 Å². The van der Waals surface area contributed by atoms with Crippen LogP contribution in [-0.4, -0.2) is 29.9 Å². The molecule has 2 unspecified atom stereocenters. The Morgan fingerprint density at radius 2 is 2.42 bits per heavy atom. The van der Waals surface area contributed by atoms with Crippen LogP contribution in [0.4, 0.5) is 0 Å². The molecule has 0 radical (unpaired) electrons. The quantitative estimate of drug-likeness (QED) is 0.710. The van der Waals surface area contributed by atoms with Crippen molar-refractivity contribution in [2.45, 2.75) is 30.7 Å². The van der Waals surface area contributed by atoms with Gasteiger partial charge in [0, 0.05) is 11.8 Å². The van der Waals surface area contributed by atoms with Gasteiger partial charge < -0.3 is 4.74 Å². The fourth-order valence-corrected chi connectivity index (χ4v) is 3.25. The molecule has 72 valence electrons. The maximum atomic E-state index is 5.69. The van der Waals surface area contributed by atoms with E-state index < -0.39 is 0 Å². The van der Waals surface area contributed by atoms with Gasteiger partial charge in [0.25, 0.3) is 0 Å². The van der Waals surface area contributed by atoms with Crippen molar-refractivity contribution in [2.75, 3.05) is 18.9 Å². The Labute approximate surface area is 84.2 Å². The summed E-state index contributed by atoms with van der Waals surface area (Å²) in [4.78, 5) is 0. The molecule has 4 heteroatoms. The summed E-state index contributed by atoms with van der Waals surface area (Å²) in [5.41, 5.74) is -0.0127. The summed E-state index contributed by atoms with van der Waals surface area (Å²) in [5.74, 6) is 1.31. The van der Waals surface area contributed by atoms with Gasteiger partial charge in [-0.1, -0.05) is 0 Å². The highest BCUT2D eigenvalue weighted by atomic mass is 35.5. The molecule has 0 bridgehead atoms. The molecule has 0 saturated carbocycles. The first-order chi connectivity index (χ1) is 5.31. The van der Waals surface area contributed by atoms with Gasteiger partial charge in [0.05, 0.1) is 6.61 Å². The highest BCUT2D eigenvalue weighted by Crippen LogP contribution is 2.36. The van der Waals surface area contributed by atoms with Crippen LogP contribution < -0.4 is 5.32 Å². The van der Waals surface area contributed by atoms with E-state index in [2.05, 4.69) is 24.0 Å². The molecule has 1 N–H and O–H groups in total. The third kappa shape index (κ3) is 1.90. The molecule has 0 amide bonds. The average molecular weight is 210 g/mol. The van der Waals surface area contributed by atoms with Crippen molar-refractivity contribution >= 4 is 24.2 Å². The summed E-state index contributed by atoms with van der Waals surface area (Å²) >= 11 is 2.05. The second kappa shape index (κ2) is 4.18. The van der Waals surface area contributed by atoms with Crippen LogP contribution in [0.5, 0.6) is 0 Å². The van der Waals surface area contributed by atoms with E-state index in [9.17, 15) is 0 Å². The summed E-state index contributed by atoms with van der Waals surface area (Å²) in [6.45, 7) is 4.09. The minimum atomic E-state index is -0.0127. The Morgan fingerprint density at radius 3 is 2.92 bits per heavy atom. The fourth-order valence-electron chi connectivity index (χ4n) is 1.83. The number of halogens is 1. The van der Waals surface area contributed by atoms with Gasteiger partial charge >= 0.3 is 0 Å². The van der Waals surface area contributed by atoms with E-state index in [0.717, 1.165) is 13.2 Å². The summed E-state index contributed by atoms with van der Waals surface area (Å²) in [6.07, 6.45) is 2.67. The van der Waals surface area contributed by atoms with E-state index in [0.29, 0.717) is 5.25 Å². The van der Waals surface area contributed by atoms with Crippen LogP contribution in [0.25, 0.3) is 0 Å². The molecule has 2 rings (SSSR count). The van der Waals surface area contributed by atoms with Crippen LogP contribution in [0.3, 0.4) is 0 Å². The standard InChI is InChI=1S/C8H15NOS.ClH/c1-8(9-4-5-10-8)7-3-2-6-11-7;/h7,9H,2-6H2,1H3;1H. The molecule has 2 fully saturated rings. The molecular weight excluding hydrogens is 194 g/mol. The molecule has 0 spiro atoms. The van der Waals surface area contributed by atoms with Crippen LogP contribution in [0.1, 0.15) is 19.8 Å². The molecular formula is C8H16ClNOS. The van der Waals surface area contributed by atoms with Gasteiger partial charge in [0.1, 0.15) is 5.72 Å². The Hall–Kier alpha value is 0.560. The van der Waals surface area contributed by atoms with E-state index in [1.54, 1.807) is 0 Å². The largest absolute Gasteiger partial charge is 0.358 e. The maximum Gasteiger partial charge on any atom is 0.128 e. The van der Waals surface area contributed by atoms with Crippen LogP contribution in [0.2, 0.25) is 0 Å². The molecule has 0 aliphatic carbocycles. The lowest BCUT2D eigenvalue weighted by Gasteiger charge is -2.29. The molecule has 0 aromatic heterocycles. The van der Waals surface area contributed by atoms with E-state index in [1.807, 2.05) is 0 Å². The summed E-state index contributed by atoms with van der Waals surface area (Å²) in [7, 11) is 0. The van der Waals surface area contributed by atoms with E-state index in [-0.39, 0.29) is 18.1 Å². The lowest BCUT2D eigenvalue weighted by Crippen LogP contribution is -2.46. The Bertz CT molecular complexity index is 144. The van der Waals surface area contributed by atoms with Crippen LogP contribution in [0, 0.1) is 0 Å². The maximum absolute atomic E-state index is 5.69. The molecule has 2 aliphatic rings. The predicted molar refractivity (Wildman–Crippen MR) is 55.1 cm³/mol. The van der Waals surface area contributed by atoms with Crippen molar-refractivity contribution in [2.24, 2.45) is 0 Å². The Morgan fingerprint density at radius 1 is 1.58 bits per heavy atom. The third-order valence-corrected chi connectivity index (χ3v) is 4.14. The Balaban J connectivity index is 0.000000720. The average Bonchev–Trinajstić information content (AvgIpc) is 2.55. The fraction of sp³-hybridized carbons (Fsp3) is 1.00. The lowest BCUT2D eigenvalue weighted by atomic mass is 10.1. The molecule has 2 nitrogen and oxygen atoms in total. The van der Waals surface area contributed by atoms with Gasteiger partial charge in [0.2, 0.25) is 0 Å². The monoisotopic (exact) mass is 209 g/mol. The van der Waals surface area contributed by atoms with E-state index in [1.165, 1.54) is 18.6 Å². The predicted octanol–water partition coefficient (Wildman–Crippen LogP) is 1.64. The normalized spacial score (nSPS) is 41.2. The van der Waals surface area contributed by atoms with Crippen molar-refractivity contribution in [3.8, 4) is 0 Å². The minimum absolute atomic E-state index is 0. The van der Waals surface area contributed by atoms with Gasteiger partial charge in [-0.25, -0.2) is 0 Å². The smallest absolute Gasteiger partial charge is 0.128 e. The molecule has 0 aromatic carbocycles. The SMILES string of the molecule is CC1(C2CCCS2)NCCO1.Cl.